The molecule has 0 aliphatic carbocycles. The van der Waals surface area contributed by atoms with E-state index in [2.05, 4.69) is 10.6 Å². The Hall–Kier alpha value is -3.61. The fourth-order valence-corrected chi connectivity index (χ4v) is 3.27. The van der Waals surface area contributed by atoms with Crippen molar-refractivity contribution in [3.63, 3.8) is 0 Å². The highest BCUT2D eigenvalue weighted by Crippen LogP contribution is 2.19. The zero-order valence-corrected chi connectivity index (χ0v) is 16.7. The molecule has 0 aliphatic heterocycles. The van der Waals surface area contributed by atoms with Crippen LogP contribution in [0.15, 0.2) is 65.5 Å². The maximum atomic E-state index is 12.9. The van der Waals surface area contributed by atoms with Crippen molar-refractivity contribution in [2.24, 2.45) is 7.05 Å². The van der Waals surface area contributed by atoms with Crippen LogP contribution in [0.1, 0.15) is 30.6 Å². The Balaban J connectivity index is 1.85. The van der Waals surface area contributed by atoms with Crippen LogP contribution in [0.25, 0.3) is 5.69 Å². The highest BCUT2D eigenvalue weighted by Gasteiger charge is 2.21. The molecule has 2 amide bonds. The number of nitrogens with one attached hydrogen (secondary N) is 2. The molecule has 0 fully saturated rings. The molecule has 3 aromatic rings. The highest BCUT2D eigenvalue weighted by atomic mass is 16.2. The van der Waals surface area contributed by atoms with E-state index in [0.29, 0.717) is 11.4 Å². The van der Waals surface area contributed by atoms with Crippen molar-refractivity contribution in [1.29, 1.82) is 0 Å². The minimum Gasteiger partial charge on any atom is -0.349 e. The quantitative estimate of drug-likeness (QED) is 0.676. The first-order chi connectivity index (χ1) is 13.9. The summed E-state index contributed by atoms with van der Waals surface area (Å²) in [5, 5.41) is 5.53. The van der Waals surface area contributed by atoms with Gasteiger partial charge >= 0.3 is 0 Å². The number of para-hydroxylation sites is 1. The van der Waals surface area contributed by atoms with E-state index in [1.165, 1.54) is 11.6 Å². The summed E-state index contributed by atoms with van der Waals surface area (Å²) >= 11 is 0. The summed E-state index contributed by atoms with van der Waals surface area (Å²) in [6, 6.07) is 18.0. The van der Waals surface area contributed by atoms with Gasteiger partial charge in [0.2, 0.25) is 11.8 Å². The van der Waals surface area contributed by atoms with Gasteiger partial charge in [-0.25, -0.2) is 4.68 Å². The lowest BCUT2D eigenvalue weighted by Crippen LogP contribution is -2.30. The lowest BCUT2D eigenvalue weighted by atomic mass is 10.0. The number of rotatable bonds is 6. The Labute approximate surface area is 169 Å². The molecule has 3 rings (SSSR count). The molecule has 1 aromatic heterocycles. The zero-order valence-electron chi connectivity index (χ0n) is 16.7. The van der Waals surface area contributed by atoms with Gasteiger partial charge in [0.25, 0.3) is 5.56 Å². The molecule has 0 radical (unpaired) electrons. The van der Waals surface area contributed by atoms with Crippen LogP contribution in [0.2, 0.25) is 0 Å². The fraction of sp³-hybridized carbons (Fsp3) is 0.227. The molecule has 1 atom stereocenters. The second-order valence-electron chi connectivity index (χ2n) is 6.85. The number of carbonyl (C=O) groups is 2. The molecule has 0 spiro atoms. The van der Waals surface area contributed by atoms with Gasteiger partial charge in [-0.1, -0.05) is 48.5 Å². The third-order valence-corrected chi connectivity index (χ3v) is 4.79. The number of carbonyl (C=O) groups excluding carboxylic acids is 2. The summed E-state index contributed by atoms with van der Waals surface area (Å²) < 4.78 is 3.21. The lowest BCUT2D eigenvalue weighted by Gasteiger charge is -2.17. The Morgan fingerprint density at radius 3 is 2.17 bits per heavy atom. The number of amides is 2. The van der Waals surface area contributed by atoms with Gasteiger partial charge in [0.05, 0.1) is 23.8 Å². The fourth-order valence-electron chi connectivity index (χ4n) is 3.27. The molecule has 2 aromatic carbocycles. The monoisotopic (exact) mass is 392 g/mol. The van der Waals surface area contributed by atoms with Gasteiger partial charge < -0.3 is 10.6 Å². The van der Waals surface area contributed by atoms with Gasteiger partial charge in [-0.05, 0) is 24.6 Å². The first kappa shape index (κ1) is 20.1. The zero-order chi connectivity index (χ0) is 21.0. The largest absolute Gasteiger partial charge is 0.349 e. The van der Waals surface area contributed by atoms with Crippen molar-refractivity contribution in [2.75, 3.05) is 5.32 Å². The molecule has 29 heavy (non-hydrogen) atoms. The Bertz CT molecular complexity index is 1070. The molecule has 150 valence electrons. The van der Waals surface area contributed by atoms with E-state index in [9.17, 15) is 14.4 Å². The number of anilines is 1. The molecule has 0 saturated carbocycles. The van der Waals surface area contributed by atoms with E-state index in [4.69, 9.17) is 0 Å². The molecular formula is C22H24N4O3. The van der Waals surface area contributed by atoms with Crippen LogP contribution in [0.3, 0.4) is 0 Å². The number of aromatic nitrogens is 2. The van der Waals surface area contributed by atoms with Crippen LogP contribution in [0, 0.1) is 6.92 Å². The molecule has 0 bridgehead atoms. The average Bonchev–Trinajstić information content (AvgIpc) is 2.92. The molecule has 7 heteroatoms. The second-order valence-corrected chi connectivity index (χ2v) is 6.85. The van der Waals surface area contributed by atoms with E-state index in [1.807, 2.05) is 60.7 Å². The van der Waals surface area contributed by atoms with E-state index < -0.39 is 6.04 Å². The molecule has 7 nitrogen and oxygen atoms in total. The summed E-state index contributed by atoms with van der Waals surface area (Å²) in [7, 11) is 1.77. The normalized spacial score (nSPS) is 11.7. The third-order valence-electron chi connectivity index (χ3n) is 4.79. The second kappa shape index (κ2) is 8.60. The Morgan fingerprint density at radius 1 is 1.00 bits per heavy atom. The van der Waals surface area contributed by atoms with Gasteiger partial charge in [0.15, 0.2) is 0 Å². The predicted octanol–water partition coefficient (Wildman–Crippen LogP) is 2.69. The van der Waals surface area contributed by atoms with Crippen LogP contribution in [0.5, 0.6) is 0 Å². The van der Waals surface area contributed by atoms with Crippen LogP contribution in [0.4, 0.5) is 5.69 Å². The summed E-state index contributed by atoms with van der Waals surface area (Å²) in [4.78, 5) is 37.2. The summed E-state index contributed by atoms with van der Waals surface area (Å²) in [6.45, 7) is 3.19. The van der Waals surface area contributed by atoms with Crippen LogP contribution in [-0.4, -0.2) is 21.2 Å². The van der Waals surface area contributed by atoms with E-state index in [1.54, 1.807) is 18.7 Å². The van der Waals surface area contributed by atoms with Crippen molar-refractivity contribution in [3.8, 4) is 5.69 Å². The molecule has 1 unspecified atom stereocenters. The molecule has 0 saturated heterocycles. The van der Waals surface area contributed by atoms with Crippen molar-refractivity contribution in [2.45, 2.75) is 26.3 Å². The smallest absolute Gasteiger partial charge is 0.295 e. The van der Waals surface area contributed by atoms with Crippen molar-refractivity contribution >= 4 is 17.5 Å². The average molecular weight is 392 g/mol. The molecule has 0 aliphatic rings. The SMILES string of the molecule is CC(=O)NC(CC(=O)Nc1c(C)n(C)n(-c2ccccc2)c1=O)c1ccccc1. The minimum atomic E-state index is -0.478. The summed E-state index contributed by atoms with van der Waals surface area (Å²) in [6.07, 6.45) is 0.0166. The van der Waals surface area contributed by atoms with Gasteiger partial charge in [-0.15, -0.1) is 0 Å². The topological polar surface area (TPSA) is 85.1 Å². The number of hydrogen-bond acceptors (Lipinski definition) is 3. The molecular weight excluding hydrogens is 368 g/mol. The third kappa shape index (κ3) is 4.45. The van der Waals surface area contributed by atoms with Crippen molar-refractivity contribution in [3.05, 3.63) is 82.3 Å². The lowest BCUT2D eigenvalue weighted by molar-refractivity contribution is -0.120. The summed E-state index contributed by atoms with van der Waals surface area (Å²) in [5.74, 6) is -0.576. The first-order valence-electron chi connectivity index (χ1n) is 9.34. The Kier molecular flexibility index (Phi) is 5.97. The van der Waals surface area contributed by atoms with Crippen LogP contribution in [-0.2, 0) is 16.6 Å². The maximum Gasteiger partial charge on any atom is 0.295 e. The first-order valence-corrected chi connectivity index (χ1v) is 9.34. The highest BCUT2D eigenvalue weighted by molar-refractivity contribution is 5.92. The van der Waals surface area contributed by atoms with Crippen molar-refractivity contribution < 1.29 is 9.59 Å². The Morgan fingerprint density at radius 2 is 1.59 bits per heavy atom. The number of hydrogen-bond donors (Lipinski definition) is 2. The summed E-state index contributed by atoms with van der Waals surface area (Å²) in [5.41, 5.74) is 2.10. The van der Waals surface area contributed by atoms with Crippen LogP contribution >= 0.6 is 0 Å². The standard InChI is InChI=1S/C22H24N4O3/c1-15-21(22(29)26(25(15)3)18-12-8-5-9-13-18)24-20(28)14-19(23-16(2)27)17-10-6-4-7-11-17/h4-13,19H,14H2,1-3H3,(H,23,27)(H,24,28). The maximum absolute atomic E-state index is 12.9. The van der Waals surface area contributed by atoms with Gasteiger partial charge in [-0.3, -0.25) is 19.1 Å². The van der Waals surface area contributed by atoms with Gasteiger partial charge in [-0.2, -0.15) is 0 Å². The number of nitrogens with zero attached hydrogens (tertiary/aromatic N) is 2. The van der Waals surface area contributed by atoms with Crippen molar-refractivity contribution in [1.82, 2.24) is 14.7 Å². The predicted molar refractivity (Wildman–Crippen MR) is 112 cm³/mol. The van der Waals surface area contributed by atoms with E-state index in [-0.39, 0.29) is 29.5 Å². The van der Waals surface area contributed by atoms with E-state index in [0.717, 1.165) is 5.56 Å². The van der Waals surface area contributed by atoms with Crippen LogP contribution < -0.4 is 16.2 Å². The van der Waals surface area contributed by atoms with Gasteiger partial charge in [0.1, 0.15) is 5.69 Å². The molecule has 1 heterocycles. The number of benzene rings is 2. The van der Waals surface area contributed by atoms with E-state index >= 15 is 0 Å². The van der Waals surface area contributed by atoms with Gasteiger partial charge in [0, 0.05) is 14.0 Å². The minimum absolute atomic E-state index is 0.0166. The molecule has 2 N–H and O–H groups in total.